The van der Waals surface area contributed by atoms with Crippen molar-refractivity contribution in [1.29, 1.82) is 0 Å². The predicted octanol–water partition coefficient (Wildman–Crippen LogP) is 3.47. The van der Waals surface area contributed by atoms with Crippen molar-refractivity contribution in [2.24, 2.45) is 0 Å². The summed E-state index contributed by atoms with van der Waals surface area (Å²) in [6.45, 7) is 2.56. The fourth-order valence-corrected chi connectivity index (χ4v) is 2.61. The molecule has 0 atom stereocenters. The van der Waals surface area contributed by atoms with Crippen LogP contribution in [0.4, 0.5) is 4.39 Å². The molecule has 0 bridgehead atoms. The van der Waals surface area contributed by atoms with Crippen molar-refractivity contribution < 1.29 is 13.9 Å². The molecule has 1 aromatic heterocycles. The summed E-state index contributed by atoms with van der Waals surface area (Å²) in [7, 11) is 1.70. The minimum Gasteiger partial charge on any atom is -0.492 e. The van der Waals surface area contributed by atoms with Crippen LogP contribution >= 0.6 is 0 Å². The van der Waals surface area contributed by atoms with Gasteiger partial charge < -0.3 is 9.64 Å². The molecule has 3 rings (SSSR count). The van der Waals surface area contributed by atoms with Crippen molar-refractivity contribution in [3.63, 3.8) is 0 Å². The summed E-state index contributed by atoms with van der Waals surface area (Å²) in [4.78, 5) is 14.2. The number of nitrogens with zero attached hydrogens (tertiary/aromatic N) is 3. The highest BCUT2D eigenvalue weighted by Crippen LogP contribution is 2.18. The minimum atomic E-state index is -0.387. The Morgan fingerprint density at radius 3 is 2.58 bits per heavy atom. The lowest BCUT2D eigenvalue weighted by atomic mass is 10.2. The largest absolute Gasteiger partial charge is 0.492 e. The first-order valence-electron chi connectivity index (χ1n) is 8.31. The first-order chi connectivity index (χ1) is 12.6. The molecule has 0 aliphatic carbocycles. The number of benzene rings is 2. The van der Waals surface area contributed by atoms with Crippen LogP contribution in [0.2, 0.25) is 0 Å². The zero-order valence-corrected chi connectivity index (χ0v) is 14.7. The normalized spacial score (nSPS) is 10.6. The van der Waals surface area contributed by atoms with Gasteiger partial charge in [-0.1, -0.05) is 30.3 Å². The van der Waals surface area contributed by atoms with E-state index >= 15 is 0 Å². The Kier molecular flexibility index (Phi) is 5.31. The monoisotopic (exact) mass is 353 g/mol. The van der Waals surface area contributed by atoms with E-state index < -0.39 is 0 Å². The second-order valence-electron chi connectivity index (χ2n) is 5.90. The van der Waals surface area contributed by atoms with E-state index in [1.807, 2.05) is 30.3 Å². The lowest BCUT2D eigenvalue weighted by Gasteiger charge is -2.17. The molecule has 1 amide bonds. The number of carbonyl (C=O) groups is 1. The smallest absolute Gasteiger partial charge is 0.257 e. The first kappa shape index (κ1) is 17.7. The van der Waals surface area contributed by atoms with E-state index in [0.717, 1.165) is 5.75 Å². The van der Waals surface area contributed by atoms with Gasteiger partial charge in [0.1, 0.15) is 23.9 Å². The van der Waals surface area contributed by atoms with Crippen LogP contribution in [0.1, 0.15) is 16.1 Å². The molecule has 1 heterocycles. The lowest BCUT2D eigenvalue weighted by molar-refractivity contribution is 0.0773. The Hall–Kier alpha value is -3.15. The SMILES string of the molecule is Cc1c(C(=O)N(C)CCOc2ccccc2)cnn1-c1ccccc1F. The highest BCUT2D eigenvalue weighted by atomic mass is 19.1. The molecule has 134 valence electrons. The van der Waals surface area contributed by atoms with Gasteiger partial charge >= 0.3 is 0 Å². The molecule has 0 saturated heterocycles. The summed E-state index contributed by atoms with van der Waals surface area (Å²) in [5, 5.41) is 4.18. The standard InChI is InChI=1S/C20H20FN3O2/c1-15-17(14-22-24(15)19-11-7-6-10-18(19)21)20(25)23(2)12-13-26-16-8-4-3-5-9-16/h3-11,14H,12-13H2,1-2H3. The van der Waals surface area contributed by atoms with Crippen LogP contribution < -0.4 is 4.74 Å². The summed E-state index contributed by atoms with van der Waals surface area (Å²) in [5.41, 5.74) is 1.35. The molecule has 0 aliphatic rings. The molecule has 0 N–H and O–H groups in total. The van der Waals surface area contributed by atoms with Crippen LogP contribution in [0.15, 0.2) is 60.8 Å². The second kappa shape index (κ2) is 7.82. The topological polar surface area (TPSA) is 47.4 Å². The van der Waals surface area contributed by atoms with E-state index in [-0.39, 0.29) is 11.7 Å². The van der Waals surface area contributed by atoms with Crippen molar-refractivity contribution >= 4 is 5.91 Å². The second-order valence-corrected chi connectivity index (χ2v) is 5.90. The van der Waals surface area contributed by atoms with Gasteiger partial charge in [-0.2, -0.15) is 5.10 Å². The highest BCUT2D eigenvalue weighted by molar-refractivity contribution is 5.95. The quantitative estimate of drug-likeness (QED) is 0.682. The summed E-state index contributed by atoms with van der Waals surface area (Å²) in [6.07, 6.45) is 1.47. The van der Waals surface area contributed by atoms with E-state index in [4.69, 9.17) is 4.74 Å². The Morgan fingerprint density at radius 2 is 1.85 bits per heavy atom. The molecule has 0 saturated carbocycles. The van der Waals surface area contributed by atoms with Gasteiger partial charge in [-0.05, 0) is 31.2 Å². The van der Waals surface area contributed by atoms with Gasteiger partial charge in [0.15, 0.2) is 0 Å². The van der Waals surface area contributed by atoms with E-state index in [2.05, 4.69) is 5.10 Å². The number of likely N-dealkylation sites (N-methyl/N-ethyl adjacent to an activating group) is 1. The van der Waals surface area contributed by atoms with Gasteiger partial charge in [0.05, 0.1) is 24.0 Å². The van der Waals surface area contributed by atoms with Crippen molar-refractivity contribution in [1.82, 2.24) is 14.7 Å². The van der Waals surface area contributed by atoms with Gasteiger partial charge in [-0.25, -0.2) is 9.07 Å². The maximum Gasteiger partial charge on any atom is 0.257 e. The molecule has 26 heavy (non-hydrogen) atoms. The zero-order chi connectivity index (χ0) is 18.5. The van der Waals surface area contributed by atoms with Crippen molar-refractivity contribution in [2.45, 2.75) is 6.92 Å². The van der Waals surface area contributed by atoms with Gasteiger partial charge in [-0.3, -0.25) is 4.79 Å². The third-order valence-electron chi connectivity index (χ3n) is 4.11. The Bertz CT molecular complexity index is 893. The van der Waals surface area contributed by atoms with E-state index in [9.17, 15) is 9.18 Å². The zero-order valence-electron chi connectivity index (χ0n) is 14.7. The fraction of sp³-hybridized carbons (Fsp3) is 0.200. The maximum absolute atomic E-state index is 14.0. The van der Waals surface area contributed by atoms with Crippen molar-refractivity contribution in [3.05, 3.63) is 77.9 Å². The molecule has 0 radical (unpaired) electrons. The number of hydrogen-bond donors (Lipinski definition) is 0. The minimum absolute atomic E-state index is 0.179. The molecule has 0 aliphatic heterocycles. The van der Waals surface area contributed by atoms with Crippen LogP contribution in [0.5, 0.6) is 5.75 Å². The average molecular weight is 353 g/mol. The number of para-hydroxylation sites is 2. The molecule has 3 aromatic rings. The van der Waals surface area contributed by atoms with Crippen LogP contribution in [-0.2, 0) is 0 Å². The molecule has 2 aromatic carbocycles. The third kappa shape index (κ3) is 3.74. The molecule has 0 unspecified atom stereocenters. The van der Waals surface area contributed by atoms with E-state index in [1.165, 1.54) is 16.9 Å². The molecule has 5 nitrogen and oxygen atoms in total. The van der Waals surface area contributed by atoms with E-state index in [1.54, 1.807) is 37.1 Å². The molecule has 0 spiro atoms. The number of rotatable bonds is 6. The fourth-order valence-electron chi connectivity index (χ4n) is 2.61. The Morgan fingerprint density at radius 1 is 1.15 bits per heavy atom. The van der Waals surface area contributed by atoms with Crippen molar-refractivity contribution in [3.8, 4) is 11.4 Å². The summed E-state index contributed by atoms with van der Waals surface area (Å²) in [6, 6.07) is 15.8. The molecule has 6 heteroatoms. The van der Waals surface area contributed by atoms with Gasteiger partial charge in [0.2, 0.25) is 0 Å². The number of aromatic nitrogens is 2. The maximum atomic E-state index is 14.0. The summed E-state index contributed by atoms with van der Waals surface area (Å²) >= 11 is 0. The summed E-state index contributed by atoms with van der Waals surface area (Å²) in [5.74, 6) is 0.195. The first-order valence-corrected chi connectivity index (χ1v) is 8.31. The number of halogens is 1. The van der Waals surface area contributed by atoms with Gasteiger partial charge in [0.25, 0.3) is 5.91 Å². The van der Waals surface area contributed by atoms with Gasteiger partial charge in [0, 0.05) is 7.05 Å². The number of hydrogen-bond acceptors (Lipinski definition) is 3. The van der Waals surface area contributed by atoms with Crippen LogP contribution in [-0.4, -0.2) is 40.8 Å². The average Bonchev–Trinajstić information content (AvgIpc) is 3.03. The van der Waals surface area contributed by atoms with Crippen LogP contribution in [0.3, 0.4) is 0 Å². The summed E-state index contributed by atoms with van der Waals surface area (Å²) < 4.78 is 21.0. The Labute approximate surface area is 151 Å². The molecular weight excluding hydrogens is 333 g/mol. The lowest BCUT2D eigenvalue weighted by Crippen LogP contribution is -2.31. The predicted molar refractivity (Wildman–Crippen MR) is 97.2 cm³/mol. The molecule has 0 fully saturated rings. The number of carbonyl (C=O) groups excluding carboxylic acids is 1. The number of ether oxygens (including phenoxy) is 1. The van der Waals surface area contributed by atoms with Crippen LogP contribution in [0, 0.1) is 12.7 Å². The highest BCUT2D eigenvalue weighted by Gasteiger charge is 2.19. The van der Waals surface area contributed by atoms with E-state index in [0.29, 0.717) is 30.1 Å². The van der Waals surface area contributed by atoms with Gasteiger partial charge in [-0.15, -0.1) is 0 Å². The van der Waals surface area contributed by atoms with Crippen molar-refractivity contribution in [2.75, 3.05) is 20.2 Å². The Balaban J connectivity index is 1.67. The third-order valence-corrected chi connectivity index (χ3v) is 4.11. The van der Waals surface area contributed by atoms with Crippen LogP contribution in [0.25, 0.3) is 5.69 Å². The number of amides is 1. The molecular formula is C20H20FN3O2.